The molecule has 1 unspecified atom stereocenters. The molecular formula is C12H16OTe. The molecule has 0 saturated carbocycles. The van der Waals surface area contributed by atoms with E-state index in [1.54, 1.807) is 0 Å². The second-order valence-corrected chi connectivity index (χ2v) is 4.72. The van der Waals surface area contributed by atoms with Crippen molar-refractivity contribution in [3.05, 3.63) is 35.4 Å². The summed E-state index contributed by atoms with van der Waals surface area (Å²) < 4.78 is 1.27. The molecule has 1 nitrogen and oxygen atoms in total. The Bertz CT molecular complexity index is 279. The van der Waals surface area contributed by atoms with Gasteiger partial charge in [-0.2, -0.15) is 0 Å². The van der Waals surface area contributed by atoms with E-state index in [9.17, 15) is 4.79 Å². The van der Waals surface area contributed by atoms with Crippen molar-refractivity contribution in [1.82, 2.24) is 0 Å². The van der Waals surface area contributed by atoms with E-state index in [0.29, 0.717) is 6.42 Å². The van der Waals surface area contributed by atoms with Crippen molar-refractivity contribution in [2.45, 2.75) is 24.2 Å². The van der Waals surface area contributed by atoms with Gasteiger partial charge in [0, 0.05) is 0 Å². The predicted octanol–water partition coefficient (Wildman–Crippen LogP) is 1.93. The van der Waals surface area contributed by atoms with Crippen LogP contribution in [0, 0.1) is 5.92 Å². The molecule has 0 aliphatic carbocycles. The first kappa shape index (κ1) is 11.8. The van der Waals surface area contributed by atoms with E-state index in [1.165, 1.54) is 10.0 Å². The van der Waals surface area contributed by atoms with Crippen molar-refractivity contribution < 1.29 is 4.79 Å². The maximum absolute atomic E-state index is 10.3. The summed E-state index contributed by atoms with van der Waals surface area (Å²) in [4.78, 5) is 10.3. The Hall–Kier alpha value is -0.320. The minimum absolute atomic E-state index is 0.534. The zero-order valence-corrected chi connectivity index (χ0v) is 11.0. The molecule has 76 valence electrons. The summed E-state index contributed by atoms with van der Waals surface area (Å²) in [7, 11) is 0. The van der Waals surface area contributed by atoms with Gasteiger partial charge in [-0.1, -0.05) is 0 Å². The summed E-state index contributed by atoms with van der Waals surface area (Å²) in [6.07, 6.45) is 2.63. The van der Waals surface area contributed by atoms with E-state index in [4.69, 9.17) is 0 Å². The fraction of sp³-hybridized carbons (Fsp3) is 0.417. The summed E-state index contributed by atoms with van der Waals surface area (Å²) >= 11 is 1.88. The van der Waals surface area contributed by atoms with Crippen LogP contribution in [0.15, 0.2) is 24.3 Å². The molecule has 1 aromatic carbocycles. The van der Waals surface area contributed by atoms with Gasteiger partial charge in [0.05, 0.1) is 0 Å². The minimum atomic E-state index is 0.534. The van der Waals surface area contributed by atoms with Gasteiger partial charge in [-0.25, -0.2) is 0 Å². The molecule has 0 heterocycles. The van der Waals surface area contributed by atoms with E-state index in [0.717, 1.165) is 24.2 Å². The van der Waals surface area contributed by atoms with Crippen LogP contribution in [0.25, 0.3) is 0 Å². The van der Waals surface area contributed by atoms with Gasteiger partial charge in [0.25, 0.3) is 0 Å². The van der Waals surface area contributed by atoms with Crippen LogP contribution in [0.3, 0.4) is 0 Å². The van der Waals surface area contributed by atoms with Crippen LogP contribution in [-0.2, 0) is 17.6 Å². The number of benzene rings is 1. The van der Waals surface area contributed by atoms with Gasteiger partial charge in [-0.05, 0) is 0 Å². The van der Waals surface area contributed by atoms with E-state index in [2.05, 4.69) is 31.2 Å². The monoisotopic (exact) mass is 306 g/mol. The Balaban J connectivity index is 2.59. The number of aldehydes is 1. The third-order valence-corrected chi connectivity index (χ3v) is 4.02. The Morgan fingerprint density at radius 2 is 1.86 bits per heavy atom. The second kappa shape index (κ2) is 6.22. The number of carbonyl (C=O) groups is 1. The van der Waals surface area contributed by atoms with Crippen molar-refractivity contribution in [3.8, 4) is 0 Å². The number of hydrogen-bond donors (Lipinski definition) is 0. The molecule has 1 aromatic rings. The second-order valence-electron chi connectivity index (χ2n) is 3.68. The van der Waals surface area contributed by atoms with Gasteiger partial charge in [0.1, 0.15) is 0 Å². The number of hydrogen-bond acceptors (Lipinski definition) is 1. The summed E-state index contributed by atoms with van der Waals surface area (Å²) in [6, 6.07) is 8.37. The van der Waals surface area contributed by atoms with Crippen LogP contribution >= 0.6 is 0 Å². The SMILES string of the molecule is CC(C[TeH])Cc1ccc(CC=O)cc1. The standard InChI is InChI=1S/C12H16OTe/c1-10(9-14)8-12-4-2-11(3-5-12)6-7-13/h2-5,7,10,14H,6,8-9H2,1H3. The molecular weight excluding hydrogens is 288 g/mol. The molecule has 1 rings (SSSR count). The Morgan fingerprint density at radius 1 is 1.29 bits per heavy atom. The molecule has 14 heavy (non-hydrogen) atoms. The van der Waals surface area contributed by atoms with Crippen LogP contribution in [0.4, 0.5) is 0 Å². The van der Waals surface area contributed by atoms with Crippen molar-refractivity contribution >= 4 is 28.6 Å². The molecule has 0 aliphatic rings. The van der Waals surface area contributed by atoms with Crippen LogP contribution in [0.5, 0.6) is 0 Å². The molecule has 0 fully saturated rings. The summed E-state index contributed by atoms with van der Waals surface area (Å²) in [5.41, 5.74) is 2.49. The third kappa shape index (κ3) is 3.82. The molecule has 0 aliphatic heterocycles. The number of rotatable bonds is 5. The first-order chi connectivity index (χ1) is 6.76. The molecule has 2 heteroatoms. The fourth-order valence-corrected chi connectivity index (χ4v) is 1.74. The van der Waals surface area contributed by atoms with Crippen LogP contribution in [0.2, 0.25) is 4.47 Å². The molecule has 0 radical (unpaired) electrons. The Labute approximate surface area is 98.8 Å². The third-order valence-electron chi connectivity index (χ3n) is 2.24. The summed E-state index contributed by atoms with van der Waals surface area (Å²) in [5.74, 6) is 0.765. The van der Waals surface area contributed by atoms with E-state index >= 15 is 0 Å². The average molecular weight is 304 g/mol. The Morgan fingerprint density at radius 3 is 2.36 bits per heavy atom. The molecule has 0 aromatic heterocycles. The van der Waals surface area contributed by atoms with E-state index < -0.39 is 0 Å². The molecule has 0 N–H and O–H groups in total. The van der Waals surface area contributed by atoms with Crippen molar-refractivity contribution in [2.75, 3.05) is 0 Å². The van der Waals surface area contributed by atoms with E-state index in [-0.39, 0.29) is 0 Å². The molecule has 0 amide bonds. The van der Waals surface area contributed by atoms with Gasteiger partial charge >= 0.3 is 98.9 Å². The van der Waals surface area contributed by atoms with Crippen LogP contribution in [0.1, 0.15) is 18.1 Å². The maximum atomic E-state index is 10.3. The quantitative estimate of drug-likeness (QED) is 0.600. The zero-order chi connectivity index (χ0) is 10.4. The first-order valence-corrected chi connectivity index (χ1v) is 6.69. The van der Waals surface area contributed by atoms with E-state index in [1.807, 2.05) is 22.3 Å². The van der Waals surface area contributed by atoms with Gasteiger partial charge in [0.2, 0.25) is 0 Å². The molecule has 0 saturated heterocycles. The Kier molecular flexibility index (Phi) is 5.22. The molecule has 1 atom stereocenters. The topological polar surface area (TPSA) is 17.1 Å². The van der Waals surface area contributed by atoms with Crippen LogP contribution < -0.4 is 0 Å². The fourth-order valence-electron chi connectivity index (χ4n) is 1.37. The zero-order valence-electron chi connectivity index (χ0n) is 8.44. The van der Waals surface area contributed by atoms with Crippen molar-refractivity contribution in [1.29, 1.82) is 0 Å². The summed E-state index contributed by atoms with van der Waals surface area (Å²) in [5, 5.41) is 0. The van der Waals surface area contributed by atoms with Gasteiger partial charge in [-0.15, -0.1) is 0 Å². The van der Waals surface area contributed by atoms with Gasteiger partial charge in [0.15, 0.2) is 0 Å². The number of carbonyl (C=O) groups excluding carboxylic acids is 1. The van der Waals surface area contributed by atoms with Crippen molar-refractivity contribution in [2.24, 2.45) is 5.92 Å². The molecule has 0 bridgehead atoms. The normalized spacial score (nSPS) is 12.4. The van der Waals surface area contributed by atoms with Gasteiger partial charge in [-0.3, -0.25) is 0 Å². The summed E-state index contributed by atoms with van der Waals surface area (Å²) in [6.45, 7) is 2.28. The average Bonchev–Trinajstić information content (AvgIpc) is 2.21. The van der Waals surface area contributed by atoms with Crippen LogP contribution in [-0.4, -0.2) is 28.6 Å². The predicted molar refractivity (Wildman–Crippen MR) is 61.0 cm³/mol. The van der Waals surface area contributed by atoms with Gasteiger partial charge < -0.3 is 0 Å². The molecule has 0 spiro atoms. The van der Waals surface area contributed by atoms with Crippen molar-refractivity contribution in [3.63, 3.8) is 0 Å². The first-order valence-electron chi connectivity index (χ1n) is 4.88.